The highest BCUT2D eigenvalue weighted by atomic mass is 14.9. The molecule has 0 aromatic rings. The van der Waals surface area contributed by atoms with E-state index in [0.29, 0.717) is 6.04 Å². The fourth-order valence-corrected chi connectivity index (χ4v) is 3.71. The van der Waals surface area contributed by atoms with Gasteiger partial charge < -0.3 is 5.73 Å². The van der Waals surface area contributed by atoms with Gasteiger partial charge in [0.2, 0.25) is 0 Å². The van der Waals surface area contributed by atoms with Crippen molar-refractivity contribution < 1.29 is 0 Å². The van der Waals surface area contributed by atoms with Crippen molar-refractivity contribution in [3.8, 4) is 0 Å². The van der Waals surface area contributed by atoms with E-state index in [2.05, 4.69) is 13.8 Å². The van der Waals surface area contributed by atoms with Gasteiger partial charge in [0.1, 0.15) is 0 Å². The molecule has 0 aromatic carbocycles. The first-order chi connectivity index (χ1) is 4.67. The Morgan fingerprint density at radius 2 is 2.00 bits per heavy atom. The van der Waals surface area contributed by atoms with E-state index < -0.39 is 0 Å². The second-order valence-corrected chi connectivity index (χ2v) is 4.78. The van der Waals surface area contributed by atoms with E-state index in [-0.39, 0.29) is 0 Å². The first-order valence-corrected chi connectivity index (χ1v) is 4.43. The summed E-state index contributed by atoms with van der Waals surface area (Å²) >= 11 is 0. The van der Waals surface area contributed by atoms with Crippen LogP contribution in [0.2, 0.25) is 0 Å². The molecule has 0 radical (unpaired) electrons. The molecule has 3 rings (SSSR count). The molecule has 0 spiro atoms. The van der Waals surface area contributed by atoms with Gasteiger partial charge in [-0.3, -0.25) is 0 Å². The minimum absolute atomic E-state index is 0.529. The molecule has 3 aliphatic carbocycles. The molecular weight excluding hydrogens is 122 g/mol. The zero-order chi connectivity index (χ0) is 7.09. The zero-order valence-electron chi connectivity index (χ0n) is 6.67. The maximum absolute atomic E-state index is 5.97. The van der Waals surface area contributed by atoms with Crippen molar-refractivity contribution in [2.24, 2.45) is 34.8 Å². The van der Waals surface area contributed by atoms with E-state index in [1.807, 2.05) is 0 Å². The average molecular weight is 137 g/mol. The Balaban J connectivity index is 1.90. The van der Waals surface area contributed by atoms with Gasteiger partial charge in [-0.05, 0) is 35.5 Å². The zero-order valence-corrected chi connectivity index (χ0v) is 6.67. The number of fused-ring (bicyclic) bond motifs is 2. The van der Waals surface area contributed by atoms with Crippen LogP contribution in [0.25, 0.3) is 0 Å². The van der Waals surface area contributed by atoms with Gasteiger partial charge in [-0.25, -0.2) is 0 Å². The number of nitrogens with two attached hydrogens (primary N) is 1. The van der Waals surface area contributed by atoms with Gasteiger partial charge in [0.05, 0.1) is 0 Å². The lowest BCUT2D eigenvalue weighted by Crippen LogP contribution is -2.40. The maximum atomic E-state index is 5.97. The van der Waals surface area contributed by atoms with Crippen molar-refractivity contribution in [1.29, 1.82) is 0 Å². The van der Waals surface area contributed by atoms with E-state index >= 15 is 0 Å². The van der Waals surface area contributed by atoms with Crippen molar-refractivity contribution in [3.05, 3.63) is 0 Å². The summed E-state index contributed by atoms with van der Waals surface area (Å²) in [5.41, 5.74) is 6.77. The molecule has 10 heavy (non-hydrogen) atoms. The predicted octanol–water partition coefficient (Wildman–Crippen LogP) is 1.24. The van der Waals surface area contributed by atoms with Gasteiger partial charge in [-0.1, -0.05) is 13.8 Å². The first kappa shape index (κ1) is 5.59. The summed E-state index contributed by atoms with van der Waals surface area (Å²) < 4.78 is 0. The Kier molecular flexibility index (Phi) is 0.658. The van der Waals surface area contributed by atoms with Crippen LogP contribution < -0.4 is 5.73 Å². The average Bonchev–Trinajstić information content (AvgIpc) is 2.65. The molecule has 0 heterocycles. The van der Waals surface area contributed by atoms with Gasteiger partial charge in [0, 0.05) is 6.04 Å². The maximum Gasteiger partial charge on any atom is 0.00704 e. The summed E-state index contributed by atoms with van der Waals surface area (Å²) in [5.74, 6) is 4.01. The number of hydrogen-bond donors (Lipinski definition) is 1. The summed E-state index contributed by atoms with van der Waals surface area (Å²) in [6.07, 6.45) is 1.32. The standard InChI is InChI=1S/C9H15N/c1-4-6(10)3-5-8-7(4)9(5,8)2/h4-8H,3,10H2,1-2H3/t4?,5?,6-,7?,8?,9+/m1/s1. The van der Waals surface area contributed by atoms with Gasteiger partial charge >= 0.3 is 0 Å². The van der Waals surface area contributed by atoms with Crippen molar-refractivity contribution in [2.45, 2.75) is 26.3 Å². The van der Waals surface area contributed by atoms with Gasteiger partial charge in [-0.2, -0.15) is 0 Å². The summed E-state index contributed by atoms with van der Waals surface area (Å²) in [7, 11) is 0. The molecule has 0 bridgehead atoms. The Hall–Kier alpha value is -0.0400. The number of rotatable bonds is 0. The van der Waals surface area contributed by atoms with Crippen LogP contribution in [0.15, 0.2) is 0 Å². The minimum atomic E-state index is 0.529. The quantitative estimate of drug-likeness (QED) is 0.534. The molecule has 3 fully saturated rings. The third-order valence-corrected chi connectivity index (χ3v) is 4.61. The lowest BCUT2D eigenvalue weighted by Gasteiger charge is -2.34. The molecule has 6 atom stereocenters. The molecule has 2 N–H and O–H groups in total. The van der Waals surface area contributed by atoms with Crippen LogP contribution in [-0.4, -0.2) is 6.04 Å². The van der Waals surface area contributed by atoms with Crippen LogP contribution in [0.3, 0.4) is 0 Å². The molecule has 1 heteroatoms. The third kappa shape index (κ3) is 0.334. The summed E-state index contributed by atoms with van der Waals surface area (Å²) in [6.45, 7) is 4.79. The fourth-order valence-electron chi connectivity index (χ4n) is 3.71. The smallest absolute Gasteiger partial charge is 0.00704 e. The second kappa shape index (κ2) is 1.18. The molecule has 0 aliphatic heterocycles. The second-order valence-electron chi connectivity index (χ2n) is 4.78. The van der Waals surface area contributed by atoms with E-state index in [4.69, 9.17) is 5.73 Å². The lowest BCUT2D eigenvalue weighted by molar-refractivity contribution is 0.175. The van der Waals surface area contributed by atoms with Gasteiger partial charge in [-0.15, -0.1) is 0 Å². The van der Waals surface area contributed by atoms with Crippen LogP contribution in [0, 0.1) is 29.1 Å². The van der Waals surface area contributed by atoms with E-state index in [9.17, 15) is 0 Å². The molecule has 0 amide bonds. The molecule has 0 saturated heterocycles. The highest BCUT2D eigenvalue weighted by Gasteiger charge is 2.86. The largest absolute Gasteiger partial charge is 0.327 e. The molecule has 3 saturated carbocycles. The Labute approximate surface area is 62.0 Å². The Morgan fingerprint density at radius 3 is 2.40 bits per heavy atom. The Morgan fingerprint density at radius 1 is 1.40 bits per heavy atom. The predicted molar refractivity (Wildman–Crippen MR) is 40.3 cm³/mol. The summed E-state index contributed by atoms with van der Waals surface area (Å²) in [6, 6.07) is 0.529. The molecular formula is C9H15N. The van der Waals surface area contributed by atoms with Crippen LogP contribution in [0.5, 0.6) is 0 Å². The highest BCUT2D eigenvalue weighted by molar-refractivity contribution is 5.33. The molecule has 56 valence electrons. The van der Waals surface area contributed by atoms with Crippen LogP contribution >= 0.6 is 0 Å². The van der Waals surface area contributed by atoms with Crippen LogP contribution in [0.1, 0.15) is 20.3 Å². The van der Waals surface area contributed by atoms with E-state index in [0.717, 1.165) is 29.1 Å². The number of hydrogen-bond acceptors (Lipinski definition) is 1. The lowest BCUT2D eigenvalue weighted by atomic mass is 9.73. The van der Waals surface area contributed by atoms with Crippen molar-refractivity contribution in [3.63, 3.8) is 0 Å². The van der Waals surface area contributed by atoms with Crippen molar-refractivity contribution in [2.75, 3.05) is 0 Å². The van der Waals surface area contributed by atoms with Gasteiger partial charge in [0.15, 0.2) is 0 Å². The molecule has 1 nitrogen and oxygen atoms in total. The normalized spacial score (nSPS) is 76.5. The van der Waals surface area contributed by atoms with Crippen molar-refractivity contribution >= 4 is 0 Å². The van der Waals surface area contributed by atoms with Crippen LogP contribution in [-0.2, 0) is 0 Å². The molecule has 3 aliphatic rings. The fraction of sp³-hybridized carbons (Fsp3) is 1.00. The monoisotopic (exact) mass is 137 g/mol. The third-order valence-electron chi connectivity index (χ3n) is 4.61. The van der Waals surface area contributed by atoms with Crippen molar-refractivity contribution in [1.82, 2.24) is 0 Å². The Bertz CT molecular complexity index is 193. The molecule has 4 unspecified atom stereocenters. The van der Waals surface area contributed by atoms with E-state index in [1.54, 1.807) is 0 Å². The van der Waals surface area contributed by atoms with Gasteiger partial charge in [0.25, 0.3) is 0 Å². The molecule has 0 aromatic heterocycles. The SMILES string of the molecule is CC1C2C3C(C[C@H]1N)[C@@]23C. The van der Waals surface area contributed by atoms with Crippen LogP contribution in [0.4, 0.5) is 0 Å². The summed E-state index contributed by atoms with van der Waals surface area (Å²) in [5, 5.41) is 0. The topological polar surface area (TPSA) is 26.0 Å². The highest BCUT2D eigenvalue weighted by Crippen LogP contribution is 2.89. The van der Waals surface area contributed by atoms with E-state index in [1.165, 1.54) is 6.42 Å². The minimum Gasteiger partial charge on any atom is -0.327 e. The summed E-state index contributed by atoms with van der Waals surface area (Å²) in [4.78, 5) is 0. The first-order valence-electron chi connectivity index (χ1n) is 4.43.